The molecule has 0 spiro atoms. The molecule has 63 valence electrons. The number of carbonyl (C=O) groups is 1. The van der Waals surface area contributed by atoms with E-state index >= 15 is 0 Å². The number of hydrogen-bond acceptors (Lipinski definition) is 1. The van der Waals surface area contributed by atoms with Crippen LogP contribution in [0.5, 0.6) is 0 Å². The predicted octanol–water partition coefficient (Wildman–Crippen LogP) is 1.55. The summed E-state index contributed by atoms with van der Waals surface area (Å²) in [6.07, 6.45) is 0. The Morgan fingerprint density at radius 2 is 2.08 bits per heavy atom. The van der Waals surface area contributed by atoms with Crippen LogP contribution in [0.4, 0.5) is 0 Å². The summed E-state index contributed by atoms with van der Waals surface area (Å²) in [5.41, 5.74) is 0.955. The molecule has 0 aliphatic heterocycles. The molecule has 0 saturated heterocycles. The molecule has 1 aromatic rings. The minimum absolute atomic E-state index is 0.0106. The summed E-state index contributed by atoms with van der Waals surface area (Å²) in [4.78, 5) is 10.7. The molecule has 0 aliphatic carbocycles. The van der Waals surface area contributed by atoms with Gasteiger partial charge in [-0.1, -0.05) is 30.3 Å². The molecule has 0 heterocycles. The number of halogens is 1. The molecular weight excluding hydrogens is 174 g/mol. The van der Waals surface area contributed by atoms with Crippen molar-refractivity contribution in [1.29, 1.82) is 0 Å². The van der Waals surface area contributed by atoms with Gasteiger partial charge in [0.2, 0.25) is 5.91 Å². The van der Waals surface area contributed by atoms with Crippen molar-refractivity contribution in [3.05, 3.63) is 42.4 Å². The first-order valence-electron chi connectivity index (χ1n) is 3.56. The molecule has 0 fully saturated rings. The Hall–Kier alpha value is -1.02. The smallest absolute Gasteiger partial charge is 0.235 e. The molecule has 0 unspecified atom stereocenters. The zero-order chi connectivity index (χ0) is 8.81. The van der Waals surface area contributed by atoms with Crippen LogP contribution in [0.1, 0.15) is 5.56 Å². The maximum absolute atomic E-state index is 10.7. The number of carbonyl (C=O) groups excluding carboxylic acids is 1. The second kappa shape index (κ2) is 4.78. The molecule has 0 bridgehead atoms. The Morgan fingerprint density at radius 1 is 1.42 bits per heavy atom. The second-order valence-corrected chi connectivity index (χ2v) is 2.52. The quantitative estimate of drug-likeness (QED) is 0.707. The van der Waals surface area contributed by atoms with Crippen molar-refractivity contribution in [2.24, 2.45) is 0 Å². The third-order valence-electron chi connectivity index (χ3n) is 1.32. The fourth-order valence-corrected chi connectivity index (χ4v) is 0.829. The summed E-state index contributed by atoms with van der Waals surface area (Å²) >= 11 is 5.29. The van der Waals surface area contributed by atoms with E-state index < -0.39 is 0 Å². The largest absolute Gasteiger partial charge is 0.346 e. The molecule has 1 radical (unpaired) electrons. The number of amides is 1. The van der Waals surface area contributed by atoms with Gasteiger partial charge >= 0.3 is 0 Å². The van der Waals surface area contributed by atoms with Gasteiger partial charge in [0.1, 0.15) is 5.88 Å². The van der Waals surface area contributed by atoms with Crippen LogP contribution in [0, 0.1) is 6.54 Å². The van der Waals surface area contributed by atoms with Crippen LogP contribution >= 0.6 is 11.6 Å². The van der Waals surface area contributed by atoms with Gasteiger partial charge in [0.05, 0.1) is 6.54 Å². The molecule has 1 N–H and O–H groups in total. The lowest BCUT2D eigenvalue weighted by molar-refractivity contribution is -0.118. The third kappa shape index (κ3) is 2.93. The van der Waals surface area contributed by atoms with E-state index in [1.165, 1.54) is 0 Å². The van der Waals surface area contributed by atoms with Crippen molar-refractivity contribution in [2.45, 2.75) is 0 Å². The Morgan fingerprint density at radius 3 is 2.67 bits per heavy atom. The summed E-state index contributed by atoms with van der Waals surface area (Å²) in [5.74, 6) is -0.205. The number of rotatable bonds is 3. The third-order valence-corrected chi connectivity index (χ3v) is 1.56. The van der Waals surface area contributed by atoms with Gasteiger partial charge in [0.25, 0.3) is 0 Å². The van der Waals surface area contributed by atoms with Crippen LogP contribution in [-0.4, -0.2) is 11.8 Å². The summed E-state index contributed by atoms with van der Waals surface area (Å²) in [6, 6.07) is 9.51. The number of nitrogens with one attached hydrogen (secondary N) is 1. The van der Waals surface area contributed by atoms with Crippen LogP contribution in [0.15, 0.2) is 30.3 Å². The zero-order valence-electron chi connectivity index (χ0n) is 6.46. The molecule has 1 aromatic carbocycles. The minimum atomic E-state index is -0.194. The monoisotopic (exact) mass is 182 g/mol. The van der Waals surface area contributed by atoms with E-state index in [1.54, 1.807) is 6.54 Å². The lowest BCUT2D eigenvalue weighted by atomic mass is 10.2. The SMILES string of the molecule is O=C(CCl)N[CH]c1ccccc1. The lowest BCUT2D eigenvalue weighted by Crippen LogP contribution is -2.21. The Labute approximate surface area is 76.5 Å². The van der Waals surface area contributed by atoms with Crippen molar-refractivity contribution in [1.82, 2.24) is 5.32 Å². The maximum Gasteiger partial charge on any atom is 0.235 e. The first-order valence-corrected chi connectivity index (χ1v) is 4.10. The van der Waals surface area contributed by atoms with E-state index in [-0.39, 0.29) is 11.8 Å². The average molecular weight is 183 g/mol. The molecule has 0 saturated carbocycles. The molecule has 12 heavy (non-hydrogen) atoms. The van der Waals surface area contributed by atoms with E-state index in [0.717, 1.165) is 5.56 Å². The first-order chi connectivity index (χ1) is 5.83. The van der Waals surface area contributed by atoms with Crippen LogP contribution < -0.4 is 5.32 Å². The van der Waals surface area contributed by atoms with Gasteiger partial charge in [-0.2, -0.15) is 0 Å². The van der Waals surface area contributed by atoms with Gasteiger partial charge in [-0.25, -0.2) is 0 Å². The summed E-state index contributed by atoms with van der Waals surface area (Å²) in [6.45, 7) is 1.63. The van der Waals surface area contributed by atoms with Gasteiger partial charge in [-0.05, 0) is 5.56 Å². The summed E-state index contributed by atoms with van der Waals surface area (Å²) in [5, 5.41) is 2.55. The number of benzene rings is 1. The highest BCUT2D eigenvalue weighted by atomic mass is 35.5. The van der Waals surface area contributed by atoms with E-state index in [0.29, 0.717) is 0 Å². The Balaban J connectivity index is 2.38. The van der Waals surface area contributed by atoms with E-state index in [4.69, 9.17) is 11.6 Å². The lowest BCUT2D eigenvalue weighted by Gasteiger charge is -2.00. The van der Waals surface area contributed by atoms with Crippen molar-refractivity contribution < 1.29 is 4.79 Å². The van der Waals surface area contributed by atoms with Crippen LogP contribution in [0.2, 0.25) is 0 Å². The molecule has 0 aromatic heterocycles. The number of alkyl halides is 1. The average Bonchev–Trinajstić information content (AvgIpc) is 2.16. The molecule has 2 nitrogen and oxygen atoms in total. The Kier molecular flexibility index (Phi) is 3.61. The van der Waals surface area contributed by atoms with Crippen molar-refractivity contribution in [2.75, 3.05) is 5.88 Å². The van der Waals surface area contributed by atoms with Crippen molar-refractivity contribution in [3.63, 3.8) is 0 Å². The molecule has 1 rings (SSSR count). The standard InChI is InChI=1S/C9H9ClNO/c10-6-9(12)11-7-8-4-2-1-3-5-8/h1-5,7H,6H2,(H,11,12). The Bertz CT molecular complexity index is 248. The molecule has 0 aliphatic rings. The van der Waals surface area contributed by atoms with E-state index in [9.17, 15) is 4.79 Å². The second-order valence-electron chi connectivity index (χ2n) is 2.26. The highest BCUT2D eigenvalue weighted by molar-refractivity contribution is 6.27. The predicted molar refractivity (Wildman–Crippen MR) is 48.7 cm³/mol. The number of hydrogen-bond donors (Lipinski definition) is 1. The summed E-state index contributed by atoms with van der Waals surface area (Å²) in [7, 11) is 0. The van der Waals surface area contributed by atoms with E-state index in [2.05, 4.69) is 5.32 Å². The zero-order valence-corrected chi connectivity index (χ0v) is 7.21. The normalized spacial score (nSPS) is 9.42. The molecule has 1 amide bonds. The molecular formula is C9H9ClNO. The van der Waals surface area contributed by atoms with E-state index in [1.807, 2.05) is 30.3 Å². The van der Waals surface area contributed by atoms with Gasteiger partial charge < -0.3 is 5.32 Å². The van der Waals surface area contributed by atoms with Crippen LogP contribution in [-0.2, 0) is 4.79 Å². The highest BCUT2D eigenvalue weighted by Crippen LogP contribution is 1.98. The summed E-state index contributed by atoms with van der Waals surface area (Å²) < 4.78 is 0. The fraction of sp³-hybridized carbons (Fsp3) is 0.111. The molecule has 3 heteroatoms. The van der Waals surface area contributed by atoms with Gasteiger partial charge in [-0.3, -0.25) is 4.79 Å². The van der Waals surface area contributed by atoms with Crippen LogP contribution in [0.3, 0.4) is 0 Å². The van der Waals surface area contributed by atoms with Crippen LogP contribution in [0.25, 0.3) is 0 Å². The molecule has 0 atom stereocenters. The topological polar surface area (TPSA) is 29.1 Å². The van der Waals surface area contributed by atoms with Crippen molar-refractivity contribution >= 4 is 17.5 Å². The van der Waals surface area contributed by atoms with Crippen molar-refractivity contribution in [3.8, 4) is 0 Å². The van der Waals surface area contributed by atoms with Gasteiger partial charge in [-0.15, -0.1) is 11.6 Å². The van der Waals surface area contributed by atoms with Gasteiger partial charge in [0, 0.05) is 0 Å². The first kappa shape index (κ1) is 9.07. The minimum Gasteiger partial charge on any atom is -0.346 e. The highest BCUT2D eigenvalue weighted by Gasteiger charge is 1.97. The maximum atomic E-state index is 10.7. The van der Waals surface area contributed by atoms with Gasteiger partial charge in [0.15, 0.2) is 0 Å². The fourth-order valence-electron chi connectivity index (χ4n) is 0.752.